The molecule has 21 heavy (non-hydrogen) atoms. The molecule has 1 aromatic rings. The van der Waals surface area contributed by atoms with Gasteiger partial charge in [-0.1, -0.05) is 0 Å². The number of nitrogens with zero attached hydrogens (tertiary/aromatic N) is 3. The van der Waals surface area contributed by atoms with Crippen molar-refractivity contribution in [1.29, 1.82) is 0 Å². The molecule has 0 radical (unpaired) electrons. The van der Waals surface area contributed by atoms with Crippen LogP contribution < -0.4 is 11.1 Å². The summed E-state index contributed by atoms with van der Waals surface area (Å²) in [6.07, 6.45) is 5.20. The van der Waals surface area contributed by atoms with Crippen molar-refractivity contribution < 1.29 is 4.74 Å². The van der Waals surface area contributed by atoms with Crippen LogP contribution in [0.1, 0.15) is 37.4 Å². The summed E-state index contributed by atoms with van der Waals surface area (Å²) in [5.41, 5.74) is 5.87. The fourth-order valence-electron chi connectivity index (χ4n) is 3.33. The van der Waals surface area contributed by atoms with E-state index in [1.807, 2.05) is 6.07 Å². The Bertz CT molecular complexity index is 519. The van der Waals surface area contributed by atoms with Crippen molar-refractivity contribution in [2.45, 2.75) is 43.7 Å². The topological polar surface area (TPSA) is 76.3 Å². The molecule has 1 aliphatic carbocycles. The molecule has 0 spiro atoms. The van der Waals surface area contributed by atoms with E-state index in [0.29, 0.717) is 17.8 Å². The minimum Gasteiger partial charge on any atom is -0.384 e. The van der Waals surface area contributed by atoms with Gasteiger partial charge < -0.3 is 15.8 Å². The molecule has 3 fully saturated rings. The van der Waals surface area contributed by atoms with Gasteiger partial charge in [-0.15, -0.1) is 0 Å². The summed E-state index contributed by atoms with van der Waals surface area (Å²) < 4.78 is 5.96. The van der Waals surface area contributed by atoms with Gasteiger partial charge in [0.1, 0.15) is 17.5 Å². The number of anilines is 2. The number of nitrogen functional groups attached to an aromatic ring is 1. The molecule has 2 saturated heterocycles. The summed E-state index contributed by atoms with van der Waals surface area (Å²) in [5.74, 6) is 2.79. The molecule has 2 aliphatic heterocycles. The average molecular weight is 289 g/mol. The number of nitrogens with two attached hydrogens (primary N) is 1. The highest BCUT2D eigenvalue weighted by atomic mass is 16.5. The number of ether oxygens (including phenoxy) is 1. The fraction of sp³-hybridized carbons (Fsp3) is 0.733. The van der Waals surface area contributed by atoms with Crippen LogP contribution in [-0.2, 0) is 4.74 Å². The van der Waals surface area contributed by atoms with E-state index < -0.39 is 0 Å². The van der Waals surface area contributed by atoms with Crippen molar-refractivity contribution in [2.75, 3.05) is 37.3 Å². The second-order valence-electron chi connectivity index (χ2n) is 6.44. The minimum absolute atomic E-state index is 0.236. The Morgan fingerprint density at radius 1 is 1.33 bits per heavy atom. The van der Waals surface area contributed by atoms with Crippen LogP contribution >= 0.6 is 0 Å². The Labute approximate surface area is 125 Å². The first-order valence-corrected chi connectivity index (χ1v) is 8.02. The van der Waals surface area contributed by atoms with Crippen molar-refractivity contribution in [3.8, 4) is 0 Å². The number of morpholine rings is 1. The first-order chi connectivity index (χ1) is 10.3. The van der Waals surface area contributed by atoms with Crippen molar-refractivity contribution in [3.05, 3.63) is 11.9 Å². The Morgan fingerprint density at radius 2 is 2.24 bits per heavy atom. The molecule has 6 nitrogen and oxygen atoms in total. The van der Waals surface area contributed by atoms with E-state index in [9.17, 15) is 0 Å². The second kappa shape index (κ2) is 5.42. The van der Waals surface area contributed by atoms with E-state index in [0.717, 1.165) is 31.3 Å². The highest BCUT2D eigenvalue weighted by molar-refractivity contribution is 5.45. The van der Waals surface area contributed by atoms with Crippen LogP contribution in [-0.4, -0.2) is 53.3 Å². The van der Waals surface area contributed by atoms with Crippen LogP contribution in [0.2, 0.25) is 0 Å². The zero-order valence-corrected chi connectivity index (χ0v) is 12.3. The van der Waals surface area contributed by atoms with E-state index in [1.165, 1.54) is 32.2 Å². The summed E-state index contributed by atoms with van der Waals surface area (Å²) in [5, 5.41) is 3.38. The molecule has 3 aliphatic rings. The zero-order chi connectivity index (χ0) is 14.2. The number of nitrogens with one attached hydrogen (secondary N) is 1. The van der Waals surface area contributed by atoms with Gasteiger partial charge in [0.25, 0.3) is 0 Å². The van der Waals surface area contributed by atoms with E-state index in [1.54, 1.807) is 0 Å². The van der Waals surface area contributed by atoms with Crippen molar-refractivity contribution in [3.63, 3.8) is 0 Å². The Kier molecular flexibility index (Phi) is 3.43. The quantitative estimate of drug-likeness (QED) is 0.868. The molecular formula is C15H23N5O. The monoisotopic (exact) mass is 289 g/mol. The normalized spacial score (nSPS) is 29.3. The largest absolute Gasteiger partial charge is 0.384 e. The van der Waals surface area contributed by atoms with Crippen LogP contribution in [0, 0.1) is 0 Å². The van der Waals surface area contributed by atoms with Crippen molar-refractivity contribution >= 4 is 11.6 Å². The first-order valence-electron chi connectivity index (χ1n) is 8.02. The van der Waals surface area contributed by atoms with E-state index in [2.05, 4.69) is 20.2 Å². The molecular weight excluding hydrogens is 266 g/mol. The smallest absolute Gasteiger partial charge is 0.136 e. The molecule has 0 aromatic carbocycles. The lowest BCUT2D eigenvalue weighted by atomic mass is 10.2. The molecule has 0 bridgehead atoms. The lowest BCUT2D eigenvalue weighted by Gasteiger charge is -2.35. The highest BCUT2D eigenvalue weighted by Gasteiger charge is 2.32. The fourth-order valence-corrected chi connectivity index (χ4v) is 3.33. The summed E-state index contributed by atoms with van der Waals surface area (Å²) >= 11 is 0. The van der Waals surface area contributed by atoms with Crippen molar-refractivity contribution in [2.24, 2.45) is 0 Å². The SMILES string of the molecule is Nc1cc(NCC2CN3CCCC3CO2)nc(C2CC2)n1. The van der Waals surface area contributed by atoms with Gasteiger partial charge in [-0.3, -0.25) is 4.90 Å². The maximum Gasteiger partial charge on any atom is 0.136 e. The van der Waals surface area contributed by atoms with Gasteiger partial charge in [0.15, 0.2) is 0 Å². The predicted molar refractivity (Wildman–Crippen MR) is 81.2 cm³/mol. The average Bonchev–Trinajstić information content (AvgIpc) is 3.23. The van der Waals surface area contributed by atoms with Crippen LogP contribution in [0.25, 0.3) is 0 Å². The third-order valence-electron chi connectivity index (χ3n) is 4.68. The number of rotatable bonds is 4. The standard InChI is InChI=1S/C15H23N5O/c16-13-6-14(19-15(18-13)10-3-4-10)17-7-12-8-20-5-1-2-11(20)9-21-12/h6,10-12H,1-5,7-9H2,(H3,16,17,18,19). The molecule has 1 aromatic heterocycles. The third kappa shape index (κ3) is 2.96. The minimum atomic E-state index is 0.236. The van der Waals surface area contributed by atoms with E-state index in [-0.39, 0.29) is 6.10 Å². The van der Waals surface area contributed by atoms with Crippen LogP contribution in [0.5, 0.6) is 0 Å². The van der Waals surface area contributed by atoms with Gasteiger partial charge in [0.05, 0.1) is 12.7 Å². The van der Waals surface area contributed by atoms with Gasteiger partial charge in [-0.2, -0.15) is 0 Å². The number of hydrogen-bond acceptors (Lipinski definition) is 6. The Hall–Kier alpha value is -1.40. The van der Waals surface area contributed by atoms with Crippen LogP contribution in [0.4, 0.5) is 11.6 Å². The molecule has 3 N–H and O–H groups in total. The number of fused-ring (bicyclic) bond motifs is 1. The molecule has 2 unspecified atom stereocenters. The molecule has 6 heteroatoms. The van der Waals surface area contributed by atoms with Gasteiger partial charge in [0.2, 0.25) is 0 Å². The van der Waals surface area contributed by atoms with Gasteiger partial charge in [-0.25, -0.2) is 9.97 Å². The second-order valence-corrected chi connectivity index (χ2v) is 6.44. The van der Waals surface area contributed by atoms with E-state index >= 15 is 0 Å². The zero-order valence-electron chi connectivity index (χ0n) is 12.3. The van der Waals surface area contributed by atoms with Gasteiger partial charge >= 0.3 is 0 Å². The third-order valence-corrected chi connectivity index (χ3v) is 4.68. The predicted octanol–water partition coefficient (Wildman–Crippen LogP) is 1.21. The van der Waals surface area contributed by atoms with Crippen LogP contribution in [0.15, 0.2) is 6.07 Å². The van der Waals surface area contributed by atoms with E-state index in [4.69, 9.17) is 10.5 Å². The summed E-state index contributed by atoms with van der Waals surface area (Å²) in [6, 6.07) is 2.46. The van der Waals surface area contributed by atoms with Crippen molar-refractivity contribution in [1.82, 2.24) is 14.9 Å². The summed E-state index contributed by atoms with van der Waals surface area (Å²) in [6.45, 7) is 3.89. The first kappa shape index (κ1) is 13.3. The lowest BCUT2D eigenvalue weighted by molar-refractivity contribution is -0.0416. The summed E-state index contributed by atoms with van der Waals surface area (Å²) in [7, 11) is 0. The number of hydrogen-bond donors (Lipinski definition) is 2. The lowest BCUT2D eigenvalue weighted by Crippen LogP contribution is -2.48. The molecule has 114 valence electrons. The number of aromatic nitrogens is 2. The van der Waals surface area contributed by atoms with Crippen LogP contribution in [0.3, 0.4) is 0 Å². The maximum absolute atomic E-state index is 5.96. The molecule has 3 heterocycles. The summed E-state index contributed by atoms with van der Waals surface area (Å²) in [4.78, 5) is 11.5. The molecule has 4 rings (SSSR count). The Morgan fingerprint density at radius 3 is 3.10 bits per heavy atom. The molecule has 0 amide bonds. The van der Waals surface area contributed by atoms with Gasteiger partial charge in [-0.05, 0) is 32.2 Å². The van der Waals surface area contributed by atoms with Gasteiger partial charge in [0, 0.05) is 31.1 Å². The maximum atomic E-state index is 5.96. The molecule has 1 saturated carbocycles. The molecule has 2 atom stereocenters. The Balaban J connectivity index is 1.36. The highest BCUT2D eigenvalue weighted by Crippen LogP contribution is 2.38.